The van der Waals surface area contributed by atoms with Crippen LogP contribution in [0, 0.1) is 17.8 Å². The largest absolute Gasteiger partial charge is 0.466 e. The first-order valence-corrected chi connectivity index (χ1v) is 7.85. The van der Waals surface area contributed by atoms with E-state index in [1.54, 1.807) is 0 Å². The molecule has 0 bridgehead atoms. The number of ether oxygens (including phenoxy) is 1. The number of likely N-dealkylation sites (tertiary alicyclic amines) is 1. The minimum atomic E-state index is -0.872. The predicted octanol–water partition coefficient (Wildman–Crippen LogP) is 2.91. The standard InChI is InChI=1S/C16H25NO4/c1-3-21-15(18)14(10-11(2)12-4-5-12)13-6-8-17(9-7-13)16(19)20/h12-14H,2-10H2,1H3,(H,19,20). The molecule has 1 atom stereocenters. The molecule has 0 radical (unpaired) electrons. The highest BCUT2D eigenvalue weighted by Gasteiger charge is 2.36. The van der Waals surface area contributed by atoms with Crippen LogP contribution in [0.4, 0.5) is 4.79 Å². The smallest absolute Gasteiger partial charge is 0.407 e. The number of allylic oxidation sites excluding steroid dienone is 1. The van der Waals surface area contributed by atoms with Gasteiger partial charge in [0.05, 0.1) is 12.5 Å². The van der Waals surface area contributed by atoms with Crippen molar-refractivity contribution in [3.63, 3.8) is 0 Å². The van der Waals surface area contributed by atoms with Crippen LogP contribution in [0.5, 0.6) is 0 Å². The second-order valence-electron chi connectivity index (χ2n) is 6.10. The molecule has 5 heteroatoms. The highest BCUT2D eigenvalue weighted by atomic mass is 16.5. The number of carbonyl (C=O) groups excluding carboxylic acids is 1. The van der Waals surface area contributed by atoms with Crippen molar-refractivity contribution in [1.29, 1.82) is 0 Å². The molecular weight excluding hydrogens is 270 g/mol. The monoisotopic (exact) mass is 295 g/mol. The summed E-state index contributed by atoms with van der Waals surface area (Å²) in [4.78, 5) is 24.6. The number of hydrogen-bond donors (Lipinski definition) is 1. The number of amides is 1. The summed E-state index contributed by atoms with van der Waals surface area (Å²) < 4.78 is 5.22. The highest BCUT2D eigenvalue weighted by molar-refractivity contribution is 5.73. The van der Waals surface area contributed by atoms with Gasteiger partial charge < -0.3 is 14.7 Å². The van der Waals surface area contributed by atoms with Crippen LogP contribution in [0.1, 0.15) is 39.0 Å². The molecule has 0 aromatic carbocycles. The number of piperidine rings is 1. The van der Waals surface area contributed by atoms with Crippen molar-refractivity contribution in [2.24, 2.45) is 17.8 Å². The molecule has 2 rings (SSSR count). The second kappa shape index (κ2) is 6.96. The lowest BCUT2D eigenvalue weighted by atomic mass is 9.80. The minimum Gasteiger partial charge on any atom is -0.466 e. The van der Waals surface area contributed by atoms with Gasteiger partial charge in [0.1, 0.15) is 0 Å². The van der Waals surface area contributed by atoms with Gasteiger partial charge in [-0.05, 0) is 50.9 Å². The van der Waals surface area contributed by atoms with E-state index in [0.29, 0.717) is 32.0 Å². The summed E-state index contributed by atoms with van der Waals surface area (Å²) in [5, 5.41) is 9.00. The van der Waals surface area contributed by atoms with Crippen molar-refractivity contribution in [3.8, 4) is 0 Å². The van der Waals surface area contributed by atoms with Crippen LogP contribution in [-0.2, 0) is 9.53 Å². The summed E-state index contributed by atoms with van der Waals surface area (Å²) in [6.07, 6.45) is 3.66. The zero-order valence-electron chi connectivity index (χ0n) is 12.7. The normalized spacial score (nSPS) is 20.9. The Bertz CT molecular complexity index is 409. The first-order chi connectivity index (χ1) is 10.0. The topological polar surface area (TPSA) is 66.8 Å². The summed E-state index contributed by atoms with van der Waals surface area (Å²) in [7, 11) is 0. The van der Waals surface area contributed by atoms with Crippen LogP contribution in [0.15, 0.2) is 12.2 Å². The molecule has 1 saturated heterocycles. The van der Waals surface area contributed by atoms with Gasteiger partial charge in [-0.3, -0.25) is 4.79 Å². The maximum absolute atomic E-state index is 12.2. The van der Waals surface area contributed by atoms with Crippen LogP contribution in [0.25, 0.3) is 0 Å². The number of carboxylic acid groups (broad SMARTS) is 1. The van der Waals surface area contributed by atoms with Gasteiger partial charge in [-0.2, -0.15) is 0 Å². The van der Waals surface area contributed by atoms with E-state index >= 15 is 0 Å². The van der Waals surface area contributed by atoms with E-state index in [0.717, 1.165) is 18.4 Å². The zero-order chi connectivity index (χ0) is 15.4. The Morgan fingerprint density at radius 1 is 1.29 bits per heavy atom. The molecule has 1 aliphatic carbocycles. The SMILES string of the molecule is C=C(CC(C(=O)OCC)C1CCN(C(=O)O)CC1)C1CC1. The number of carbonyl (C=O) groups is 2. The second-order valence-corrected chi connectivity index (χ2v) is 6.10. The molecule has 0 aromatic heterocycles. The molecular formula is C16H25NO4. The third-order valence-electron chi connectivity index (χ3n) is 4.61. The first-order valence-electron chi connectivity index (χ1n) is 7.85. The van der Waals surface area contributed by atoms with Gasteiger partial charge in [0, 0.05) is 13.1 Å². The Hall–Kier alpha value is -1.52. The summed E-state index contributed by atoms with van der Waals surface area (Å²) in [6.45, 7) is 7.34. The average Bonchev–Trinajstić information content (AvgIpc) is 3.29. The van der Waals surface area contributed by atoms with Crippen LogP contribution in [0.2, 0.25) is 0 Å². The van der Waals surface area contributed by atoms with E-state index in [2.05, 4.69) is 6.58 Å². The maximum atomic E-state index is 12.2. The molecule has 118 valence electrons. The van der Waals surface area contributed by atoms with E-state index in [-0.39, 0.29) is 17.8 Å². The molecule has 1 amide bonds. The van der Waals surface area contributed by atoms with Crippen molar-refractivity contribution < 1.29 is 19.4 Å². The maximum Gasteiger partial charge on any atom is 0.407 e. The van der Waals surface area contributed by atoms with Gasteiger partial charge in [0.2, 0.25) is 0 Å². The Balaban J connectivity index is 1.96. The van der Waals surface area contributed by atoms with E-state index in [1.165, 1.54) is 17.7 Å². The van der Waals surface area contributed by atoms with Crippen LogP contribution in [-0.4, -0.2) is 41.8 Å². The summed E-state index contributed by atoms with van der Waals surface area (Å²) >= 11 is 0. The lowest BCUT2D eigenvalue weighted by molar-refractivity contribution is -0.150. The Kier molecular flexibility index (Phi) is 5.26. The molecule has 1 aliphatic heterocycles. The first kappa shape index (κ1) is 15.9. The lowest BCUT2D eigenvalue weighted by Crippen LogP contribution is -2.41. The van der Waals surface area contributed by atoms with Gasteiger partial charge in [-0.1, -0.05) is 12.2 Å². The zero-order valence-corrected chi connectivity index (χ0v) is 12.7. The van der Waals surface area contributed by atoms with Crippen molar-refractivity contribution in [2.75, 3.05) is 19.7 Å². The van der Waals surface area contributed by atoms with Crippen LogP contribution >= 0.6 is 0 Å². The summed E-state index contributed by atoms with van der Waals surface area (Å²) in [6, 6.07) is 0. The molecule has 2 aliphatic rings. The third-order valence-corrected chi connectivity index (χ3v) is 4.61. The minimum absolute atomic E-state index is 0.145. The van der Waals surface area contributed by atoms with Gasteiger partial charge in [0.15, 0.2) is 0 Å². The Labute approximate surface area is 126 Å². The number of esters is 1. The van der Waals surface area contributed by atoms with E-state index < -0.39 is 6.09 Å². The van der Waals surface area contributed by atoms with Gasteiger partial charge >= 0.3 is 12.1 Å². The third kappa shape index (κ3) is 4.22. The molecule has 21 heavy (non-hydrogen) atoms. The molecule has 1 heterocycles. The predicted molar refractivity (Wildman–Crippen MR) is 78.9 cm³/mol. The molecule has 1 unspecified atom stereocenters. The van der Waals surface area contributed by atoms with Crippen LogP contribution in [0.3, 0.4) is 0 Å². The Morgan fingerprint density at radius 3 is 2.38 bits per heavy atom. The van der Waals surface area contributed by atoms with Crippen molar-refractivity contribution in [2.45, 2.75) is 39.0 Å². The molecule has 1 saturated carbocycles. The lowest BCUT2D eigenvalue weighted by Gasteiger charge is -2.34. The molecule has 5 nitrogen and oxygen atoms in total. The van der Waals surface area contributed by atoms with Crippen molar-refractivity contribution in [3.05, 3.63) is 12.2 Å². The van der Waals surface area contributed by atoms with Crippen LogP contribution < -0.4 is 0 Å². The molecule has 0 aromatic rings. The fraction of sp³-hybridized carbons (Fsp3) is 0.750. The van der Waals surface area contributed by atoms with Crippen molar-refractivity contribution in [1.82, 2.24) is 4.90 Å². The van der Waals surface area contributed by atoms with Gasteiger partial charge in [-0.15, -0.1) is 0 Å². The number of nitrogens with zero attached hydrogens (tertiary/aromatic N) is 1. The molecule has 1 N–H and O–H groups in total. The average molecular weight is 295 g/mol. The molecule has 0 spiro atoms. The quantitative estimate of drug-likeness (QED) is 0.604. The number of rotatable bonds is 6. The Morgan fingerprint density at radius 2 is 1.90 bits per heavy atom. The van der Waals surface area contributed by atoms with Gasteiger partial charge in [-0.25, -0.2) is 4.79 Å². The highest BCUT2D eigenvalue weighted by Crippen LogP contribution is 2.41. The summed E-state index contributed by atoms with van der Waals surface area (Å²) in [5.41, 5.74) is 1.16. The fourth-order valence-electron chi connectivity index (χ4n) is 3.13. The van der Waals surface area contributed by atoms with E-state index in [9.17, 15) is 9.59 Å². The van der Waals surface area contributed by atoms with Gasteiger partial charge in [0.25, 0.3) is 0 Å². The molecule has 2 fully saturated rings. The van der Waals surface area contributed by atoms with E-state index in [4.69, 9.17) is 9.84 Å². The number of hydrogen-bond acceptors (Lipinski definition) is 3. The van der Waals surface area contributed by atoms with E-state index in [1.807, 2.05) is 6.92 Å². The van der Waals surface area contributed by atoms with Crippen molar-refractivity contribution >= 4 is 12.1 Å². The fourth-order valence-corrected chi connectivity index (χ4v) is 3.13. The summed E-state index contributed by atoms with van der Waals surface area (Å²) in [5.74, 6) is 0.484.